The number of hydrogen-bond donors (Lipinski definition) is 1. The van der Waals surface area contributed by atoms with Gasteiger partial charge >= 0.3 is 0 Å². The van der Waals surface area contributed by atoms with E-state index in [-0.39, 0.29) is 36.0 Å². The molecule has 0 bridgehead atoms. The molecular weight excluding hydrogens is 311 g/mol. The topological polar surface area (TPSA) is 58.6 Å². The van der Waals surface area contributed by atoms with Gasteiger partial charge in [-0.25, -0.2) is 4.39 Å². The number of rotatable bonds is 6. The molecule has 24 heavy (non-hydrogen) atoms. The number of benzene rings is 1. The van der Waals surface area contributed by atoms with Crippen LogP contribution in [0.25, 0.3) is 0 Å². The molecule has 0 aliphatic carbocycles. The molecule has 0 spiro atoms. The van der Waals surface area contributed by atoms with E-state index >= 15 is 0 Å². The molecule has 0 unspecified atom stereocenters. The third-order valence-electron chi connectivity index (χ3n) is 4.48. The maximum Gasteiger partial charge on any atom is 0.227 e. The second-order valence-electron chi connectivity index (χ2n) is 6.22. The number of carbonyl (C=O) groups excluding carboxylic acids is 2. The Kier molecular flexibility index (Phi) is 6.73. The quantitative estimate of drug-likeness (QED) is 0.806. The number of carbonyl (C=O) groups is 2. The number of ether oxygens (including phenoxy) is 1. The molecular formula is C18H25FN2O3. The van der Waals surface area contributed by atoms with Gasteiger partial charge in [-0.15, -0.1) is 0 Å². The minimum atomic E-state index is -0.371. The summed E-state index contributed by atoms with van der Waals surface area (Å²) < 4.78 is 18.7. The van der Waals surface area contributed by atoms with E-state index in [0.29, 0.717) is 25.3 Å². The molecule has 2 amide bonds. The van der Waals surface area contributed by atoms with Crippen molar-refractivity contribution in [2.45, 2.75) is 32.2 Å². The lowest BCUT2D eigenvalue weighted by molar-refractivity contribution is -0.137. The van der Waals surface area contributed by atoms with Gasteiger partial charge in [0.2, 0.25) is 11.8 Å². The van der Waals surface area contributed by atoms with E-state index in [0.717, 1.165) is 12.8 Å². The van der Waals surface area contributed by atoms with Crippen molar-refractivity contribution in [3.63, 3.8) is 0 Å². The van der Waals surface area contributed by atoms with Crippen LogP contribution < -0.4 is 5.32 Å². The minimum absolute atomic E-state index is 0.0228. The summed E-state index contributed by atoms with van der Waals surface area (Å²) in [5, 5.41) is 2.82. The predicted octanol–water partition coefficient (Wildman–Crippen LogP) is 1.76. The molecule has 1 aromatic carbocycles. The van der Waals surface area contributed by atoms with Crippen LogP contribution in [0.4, 0.5) is 4.39 Å². The van der Waals surface area contributed by atoms with Gasteiger partial charge in [0, 0.05) is 26.2 Å². The molecule has 1 N–H and O–H groups in total. The Labute approximate surface area is 142 Å². The van der Waals surface area contributed by atoms with Gasteiger partial charge in [-0.3, -0.25) is 9.59 Å². The fourth-order valence-corrected chi connectivity index (χ4v) is 3.00. The van der Waals surface area contributed by atoms with Crippen LogP contribution in [0, 0.1) is 11.7 Å². The van der Waals surface area contributed by atoms with Crippen molar-refractivity contribution >= 4 is 11.8 Å². The molecule has 0 radical (unpaired) electrons. The summed E-state index contributed by atoms with van der Waals surface area (Å²) in [6, 6.07) is 6.36. The van der Waals surface area contributed by atoms with E-state index < -0.39 is 0 Å². The first kappa shape index (κ1) is 18.4. The second kappa shape index (κ2) is 8.78. The Bertz CT molecular complexity index is 579. The molecule has 1 aromatic rings. The predicted molar refractivity (Wildman–Crippen MR) is 88.9 cm³/mol. The zero-order valence-electron chi connectivity index (χ0n) is 14.3. The molecule has 1 fully saturated rings. The van der Waals surface area contributed by atoms with Gasteiger partial charge < -0.3 is 15.0 Å². The highest BCUT2D eigenvalue weighted by Gasteiger charge is 2.32. The molecule has 132 valence electrons. The van der Waals surface area contributed by atoms with E-state index in [1.807, 2.05) is 6.92 Å². The molecule has 2 rings (SSSR count). The molecule has 2 atom stereocenters. The summed E-state index contributed by atoms with van der Waals surface area (Å²) in [5.41, 5.74) is 0.390. The molecule has 6 heteroatoms. The van der Waals surface area contributed by atoms with Gasteiger partial charge in [-0.1, -0.05) is 18.2 Å². The van der Waals surface area contributed by atoms with Crippen molar-refractivity contribution in [1.29, 1.82) is 0 Å². The van der Waals surface area contributed by atoms with Gasteiger partial charge in [0.25, 0.3) is 0 Å². The van der Waals surface area contributed by atoms with Crippen LogP contribution in [-0.2, 0) is 20.7 Å². The Balaban J connectivity index is 1.96. The van der Waals surface area contributed by atoms with Crippen LogP contribution in [0.5, 0.6) is 0 Å². The Morgan fingerprint density at radius 3 is 2.79 bits per heavy atom. The summed E-state index contributed by atoms with van der Waals surface area (Å²) in [6.45, 7) is 3.28. The number of likely N-dealkylation sites (tertiary alicyclic amines) is 1. The van der Waals surface area contributed by atoms with Crippen LogP contribution >= 0.6 is 0 Å². The summed E-state index contributed by atoms with van der Waals surface area (Å²) in [4.78, 5) is 26.5. The van der Waals surface area contributed by atoms with E-state index in [1.54, 1.807) is 30.2 Å². The number of methoxy groups -OCH3 is 1. The van der Waals surface area contributed by atoms with Crippen molar-refractivity contribution in [2.24, 2.45) is 5.92 Å². The molecule has 5 nitrogen and oxygen atoms in total. The Hall–Kier alpha value is -1.95. The highest BCUT2D eigenvalue weighted by molar-refractivity contribution is 5.82. The van der Waals surface area contributed by atoms with Gasteiger partial charge in [-0.05, 0) is 31.4 Å². The second-order valence-corrected chi connectivity index (χ2v) is 6.22. The first-order valence-corrected chi connectivity index (χ1v) is 8.32. The van der Waals surface area contributed by atoms with E-state index in [2.05, 4.69) is 5.32 Å². The lowest BCUT2D eigenvalue weighted by Crippen LogP contribution is -2.50. The Morgan fingerprint density at radius 2 is 2.08 bits per heavy atom. The maximum absolute atomic E-state index is 13.7. The van der Waals surface area contributed by atoms with Crippen molar-refractivity contribution in [1.82, 2.24) is 10.2 Å². The average molecular weight is 336 g/mol. The summed E-state index contributed by atoms with van der Waals surface area (Å²) in [5.74, 6) is -0.781. The maximum atomic E-state index is 13.7. The van der Waals surface area contributed by atoms with Crippen LogP contribution in [0.3, 0.4) is 0 Å². The van der Waals surface area contributed by atoms with Crippen LogP contribution in [0.1, 0.15) is 25.3 Å². The van der Waals surface area contributed by atoms with Gasteiger partial charge in [-0.2, -0.15) is 0 Å². The van der Waals surface area contributed by atoms with Crippen molar-refractivity contribution in [3.05, 3.63) is 35.6 Å². The van der Waals surface area contributed by atoms with Crippen LogP contribution in [0.15, 0.2) is 24.3 Å². The number of nitrogens with one attached hydrogen (secondary N) is 1. The zero-order chi connectivity index (χ0) is 17.5. The van der Waals surface area contributed by atoms with E-state index in [4.69, 9.17) is 4.74 Å². The van der Waals surface area contributed by atoms with Gasteiger partial charge in [0.1, 0.15) is 5.82 Å². The summed E-state index contributed by atoms with van der Waals surface area (Å²) in [7, 11) is 1.58. The number of piperidine rings is 1. The SMILES string of the molecule is COCCNC(=O)[C@@H]1CC[C@@H](C)N(C(=O)Cc2ccccc2F)C1. The van der Waals surface area contributed by atoms with E-state index in [1.165, 1.54) is 6.07 Å². The minimum Gasteiger partial charge on any atom is -0.383 e. The third-order valence-corrected chi connectivity index (χ3v) is 4.48. The monoisotopic (exact) mass is 336 g/mol. The fourth-order valence-electron chi connectivity index (χ4n) is 3.00. The Morgan fingerprint density at radius 1 is 1.33 bits per heavy atom. The molecule has 1 aliphatic rings. The standard InChI is InChI=1S/C18H25FN2O3/c1-13-7-8-15(18(23)20-9-10-24-2)12-21(13)17(22)11-14-5-3-4-6-16(14)19/h3-6,13,15H,7-12H2,1-2H3,(H,20,23)/t13-,15-/m1/s1. The van der Waals surface area contributed by atoms with Crippen LogP contribution in [0.2, 0.25) is 0 Å². The highest BCUT2D eigenvalue weighted by atomic mass is 19.1. The average Bonchev–Trinajstić information content (AvgIpc) is 2.57. The van der Waals surface area contributed by atoms with Gasteiger partial charge in [0.05, 0.1) is 18.9 Å². The zero-order valence-corrected chi connectivity index (χ0v) is 14.3. The summed E-state index contributed by atoms with van der Waals surface area (Å²) in [6.07, 6.45) is 1.55. The largest absolute Gasteiger partial charge is 0.383 e. The first-order valence-electron chi connectivity index (χ1n) is 8.32. The number of nitrogens with zero attached hydrogens (tertiary/aromatic N) is 1. The fraction of sp³-hybridized carbons (Fsp3) is 0.556. The smallest absolute Gasteiger partial charge is 0.227 e. The lowest BCUT2D eigenvalue weighted by Gasteiger charge is -2.37. The highest BCUT2D eigenvalue weighted by Crippen LogP contribution is 2.23. The van der Waals surface area contributed by atoms with Crippen LogP contribution in [-0.4, -0.2) is 49.6 Å². The van der Waals surface area contributed by atoms with Crippen molar-refractivity contribution < 1.29 is 18.7 Å². The van der Waals surface area contributed by atoms with Gasteiger partial charge in [0.15, 0.2) is 0 Å². The first-order chi connectivity index (χ1) is 11.5. The lowest BCUT2D eigenvalue weighted by atomic mass is 9.92. The molecule has 1 heterocycles. The molecule has 1 saturated heterocycles. The normalized spacial score (nSPS) is 20.7. The molecule has 0 saturated carbocycles. The van der Waals surface area contributed by atoms with E-state index in [9.17, 15) is 14.0 Å². The molecule has 0 aromatic heterocycles. The number of amides is 2. The third kappa shape index (κ3) is 4.77. The number of halogens is 1. The van der Waals surface area contributed by atoms with Crippen molar-refractivity contribution in [2.75, 3.05) is 26.8 Å². The molecule has 1 aliphatic heterocycles. The summed E-state index contributed by atoms with van der Waals surface area (Å²) >= 11 is 0. The number of hydrogen-bond acceptors (Lipinski definition) is 3. The van der Waals surface area contributed by atoms with Crippen molar-refractivity contribution in [3.8, 4) is 0 Å².